The van der Waals surface area contributed by atoms with Gasteiger partial charge in [0.2, 0.25) is 0 Å². The lowest BCUT2D eigenvalue weighted by atomic mass is 10.1. The number of rotatable bonds is 4. The minimum Gasteiger partial charge on any atom is -0.367 e. The number of benzene rings is 2. The summed E-state index contributed by atoms with van der Waals surface area (Å²) in [5.41, 5.74) is 2.46. The second-order valence-electron chi connectivity index (χ2n) is 6.02. The van der Waals surface area contributed by atoms with E-state index in [1.54, 1.807) is 0 Å². The van der Waals surface area contributed by atoms with Gasteiger partial charge in [0.25, 0.3) is 5.91 Å². The Morgan fingerprint density at radius 3 is 2.56 bits per heavy atom. The number of hydrogen-bond acceptors (Lipinski definition) is 3. The maximum Gasteiger partial charge on any atom is 0.256 e. The predicted octanol–water partition coefficient (Wildman–Crippen LogP) is 4.34. The molecule has 2 aromatic carbocycles. The van der Waals surface area contributed by atoms with Crippen LogP contribution >= 0.6 is 34.2 Å². The Balaban J connectivity index is 1.83. The maximum atomic E-state index is 12.7. The molecule has 0 aliphatic carbocycles. The average molecular weight is 470 g/mol. The first-order valence-electron chi connectivity index (χ1n) is 8.41. The van der Waals surface area contributed by atoms with Crippen molar-refractivity contribution in [2.24, 2.45) is 0 Å². The Hall–Kier alpha value is -1.31. The zero-order valence-electron chi connectivity index (χ0n) is 14.1. The number of anilines is 2. The van der Waals surface area contributed by atoms with E-state index in [-0.39, 0.29) is 5.91 Å². The molecule has 6 heteroatoms. The molecule has 0 radical (unpaired) electrons. The third-order valence-electron chi connectivity index (χ3n) is 4.49. The quantitative estimate of drug-likeness (QED) is 0.677. The molecule has 1 N–H and O–H groups in total. The van der Waals surface area contributed by atoms with E-state index in [0.29, 0.717) is 10.6 Å². The molecule has 1 heterocycles. The largest absolute Gasteiger partial charge is 0.367 e. The van der Waals surface area contributed by atoms with Gasteiger partial charge in [-0.15, -0.1) is 0 Å². The lowest BCUT2D eigenvalue weighted by Crippen LogP contribution is -2.46. The molecule has 0 saturated carbocycles. The summed E-state index contributed by atoms with van der Waals surface area (Å²) < 4.78 is 0.928. The lowest BCUT2D eigenvalue weighted by Gasteiger charge is -2.36. The van der Waals surface area contributed by atoms with Crippen LogP contribution in [0.15, 0.2) is 42.5 Å². The van der Waals surface area contributed by atoms with Gasteiger partial charge in [-0.2, -0.15) is 0 Å². The Labute approximate surface area is 167 Å². The van der Waals surface area contributed by atoms with E-state index in [1.807, 2.05) is 42.5 Å². The van der Waals surface area contributed by atoms with Crippen LogP contribution in [-0.2, 0) is 0 Å². The molecule has 0 aromatic heterocycles. The Kier molecular flexibility index (Phi) is 6.19. The fraction of sp³-hybridized carbons (Fsp3) is 0.316. The second kappa shape index (κ2) is 8.38. The van der Waals surface area contributed by atoms with Crippen LogP contribution in [-0.4, -0.2) is 43.5 Å². The van der Waals surface area contributed by atoms with Crippen molar-refractivity contribution in [3.8, 4) is 0 Å². The van der Waals surface area contributed by atoms with Crippen LogP contribution in [0.4, 0.5) is 11.4 Å². The molecule has 0 unspecified atom stereocenters. The topological polar surface area (TPSA) is 35.6 Å². The highest BCUT2D eigenvalue weighted by atomic mass is 127. The van der Waals surface area contributed by atoms with Gasteiger partial charge in [0.15, 0.2) is 0 Å². The second-order valence-corrected chi connectivity index (χ2v) is 7.62. The number of likely N-dealkylation sites (N-methyl/N-ethyl adjacent to an activating group) is 1. The fourth-order valence-corrected chi connectivity index (χ4v) is 3.83. The van der Waals surface area contributed by atoms with Crippen molar-refractivity contribution in [3.05, 3.63) is 56.6 Å². The number of amides is 1. The van der Waals surface area contributed by atoms with Crippen molar-refractivity contribution in [3.63, 3.8) is 0 Å². The van der Waals surface area contributed by atoms with E-state index < -0.39 is 0 Å². The summed E-state index contributed by atoms with van der Waals surface area (Å²) in [7, 11) is 0. The third-order valence-corrected chi connectivity index (χ3v) is 5.66. The first kappa shape index (κ1) is 18.5. The molecule has 25 heavy (non-hydrogen) atoms. The third kappa shape index (κ3) is 4.46. The summed E-state index contributed by atoms with van der Waals surface area (Å²) in [6.45, 7) is 7.21. The summed E-state index contributed by atoms with van der Waals surface area (Å²) >= 11 is 8.36. The van der Waals surface area contributed by atoms with Crippen molar-refractivity contribution >= 4 is 51.5 Å². The number of halogens is 2. The summed E-state index contributed by atoms with van der Waals surface area (Å²) in [5.74, 6) is -0.110. The van der Waals surface area contributed by atoms with E-state index in [0.717, 1.165) is 47.7 Å². The molecular weight excluding hydrogens is 449 g/mol. The molecule has 0 spiro atoms. The Morgan fingerprint density at radius 2 is 1.88 bits per heavy atom. The van der Waals surface area contributed by atoms with Gasteiger partial charge < -0.3 is 15.1 Å². The van der Waals surface area contributed by atoms with E-state index >= 15 is 0 Å². The van der Waals surface area contributed by atoms with Crippen molar-refractivity contribution in [1.29, 1.82) is 0 Å². The van der Waals surface area contributed by atoms with Gasteiger partial charge in [-0.1, -0.05) is 30.7 Å². The zero-order valence-corrected chi connectivity index (χ0v) is 17.0. The van der Waals surface area contributed by atoms with Crippen LogP contribution in [0.1, 0.15) is 17.3 Å². The van der Waals surface area contributed by atoms with Crippen LogP contribution in [0.2, 0.25) is 5.02 Å². The first-order chi connectivity index (χ1) is 12.1. The molecule has 0 bridgehead atoms. The van der Waals surface area contributed by atoms with Crippen LogP contribution in [0, 0.1) is 3.57 Å². The van der Waals surface area contributed by atoms with Crippen LogP contribution in [0.3, 0.4) is 0 Å². The van der Waals surface area contributed by atoms with Gasteiger partial charge in [0.05, 0.1) is 16.9 Å². The molecule has 1 saturated heterocycles. The standard InChI is InChI=1S/C19H21ClIN3O/c1-2-23-9-11-24(12-10-23)18-8-7-14(20)13-17(18)22-19(25)15-5-3-4-6-16(15)21/h3-8,13H,2,9-12H2,1H3,(H,22,25). The van der Waals surface area contributed by atoms with Gasteiger partial charge in [0.1, 0.15) is 0 Å². The minimum atomic E-state index is -0.110. The average Bonchev–Trinajstić information content (AvgIpc) is 2.62. The molecule has 0 atom stereocenters. The van der Waals surface area contributed by atoms with E-state index in [1.165, 1.54) is 0 Å². The molecule has 132 valence electrons. The molecule has 4 nitrogen and oxygen atoms in total. The number of carbonyl (C=O) groups excluding carboxylic acids is 1. The van der Waals surface area contributed by atoms with Gasteiger partial charge in [-0.05, 0) is 59.5 Å². The molecule has 1 aliphatic rings. The van der Waals surface area contributed by atoms with E-state index in [2.05, 4.69) is 44.6 Å². The predicted molar refractivity (Wildman–Crippen MR) is 113 cm³/mol. The van der Waals surface area contributed by atoms with Gasteiger partial charge >= 0.3 is 0 Å². The number of hydrogen-bond donors (Lipinski definition) is 1. The van der Waals surface area contributed by atoms with Gasteiger partial charge in [0, 0.05) is 34.8 Å². The molecule has 2 aromatic rings. The van der Waals surface area contributed by atoms with Crippen molar-refractivity contribution in [2.45, 2.75) is 6.92 Å². The SMILES string of the molecule is CCN1CCN(c2ccc(Cl)cc2NC(=O)c2ccccc2I)CC1. The number of carbonyl (C=O) groups is 1. The number of nitrogens with one attached hydrogen (secondary N) is 1. The Morgan fingerprint density at radius 1 is 1.16 bits per heavy atom. The van der Waals surface area contributed by atoms with Crippen LogP contribution < -0.4 is 10.2 Å². The number of nitrogens with zero attached hydrogens (tertiary/aromatic N) is 2. The van der Waals surface area contributed by atoms with E-state index in [4.69, 9.17) is 11.6 Å². The minimum absolute atomic E-state index is 0.110. The lowest BCUT2D eigenvalue weighted by molar-refractivity contribution is 0.102. The molecule has 1 aliphatic heterocycles. The maximum absolute atomic E-state index is 12.7. The summed E-state index contributed by atoms with van der Waals surface area (Å²) in [5, 5.41) is 3.67. The molecule has 1 fully saturated rings. The van der Waals surface area contributed by atoms with Crippen molar-refractivity contribution in [1.82, 2.24) is 4.90 Å². The van der Waals surface area contributed by atoms with Crippen molar-refractivity contribution < 1.29 is 4.79 Å². The van der Waals surface area contributed by atoms with Gasteiger partial charge in [-0.25, -0.2) is 0 Å². The highest BCUT2D eigenvalue weighted by molar-refractivity contribution is 14.1. The molecular formula is C19H21ClIN3O. The zero-order chi connectivity index (χ0) is 17.8. The normalized spacial score (nSPS) is 15.2. The van der Waals surface area contributed by atoms with Crippen LogP contribution in [0.25, 0.3) is 0 Å². The van der Waals surface area contributed by atoms with Gasteiger partial charge in [-0.3, -0.25) is 4.79 Å². The van der Waals surface area contributed by atoms with E-state index in [9.17, 15) is 4.79 Å². The van der Waals surface area contributed by atoms with Crippen molar-refractivity contribution in [2.75, 3.05) is 42.9 Å². The first-order valence-corrected chi connectivity index (χ1v) is 9.87. The summed E-state index contributed by atoms with van der Waals surface area (Å²) in [6.07, 6.45) is 0. The summed E-state index contributed by atoms with van der Waals surface area (Å²) in [6, 6.07) is 13.3. The fourth-order valence-electron chi connectivity index (χ4n) is 3.02. The van der Waals surface area contributed by atoms with Crippen LogP contribution in [0.5, 0.6) is 0 Å². The highest BCUT2D eigenvalue weighted by Crippen LogP contribution is 2.30. The number of piperazine rings is 1. The summed E-state index contributed by atoms with van der Waals surface area (Å²) in [4.78, 5) is 17.4. The molecule has 1 amide bonds. The monoisotopic (exact) mass is 469 g/mol. The Bertz CT molecular complexity index is 760. The highest BCUT2D eigenvalue weighted by Gasteiger charge is 2.20. The smallest absolute Gasteiger partial charge is 0.256 e. The molecule has 3 rings (SSSR count).